The standard InChI is InChI=1S/C12H24O/c1-9-4-6-12(8-10(9)2)7-5-11(3)13/h9-13H,4-8H2,1-3H3. The molecule has 1 fully saturated rings. The van der Waals surface area contributed by atoms with Crippen LogP contribution in [0.3, 0.4) is 0 Å². The molecule has 1 rings (SSSR count). The van der Waals surface area contributed by atoms with Crippen molar-refractivity contribution in [2.45, 2.75) is 59.0 Å². The van der Waals surface area contributed by atoms with Crippen molar-refractivity contribution in [2.75, 3.05) is 0 Å². The smallest absolute Gasteiger partial charge is 0.0512 e. The van der Waals surface area contributed by atoms with E-state index in [4.69, 9.17) is 0 Å². The molecule has 1 aliphatic carbocycles. The van der Waals surface area contributed by atoms with Gasteiger partial charge in [-0.05, 0) is 43.9 Å². The van der Waals surface area contributed by atoms with E-state index >= 15 is 0 Å². The van der Waals surface area contributed by atoms with Crippen LogP contribution in [-0.2, 0) is 0 Å². The molecule has 0 aliphatic heterocycles. The van der Waals surface area contributed by atoms with Gasteiger partial charge in [-0.2, -0.15) is 0 Å². The van der Waals surface area contributed by atoms with Gasteiger partial charge in [0, 0.05) is 0 Å². The molecule has 1 heteroatoms. The van der Waals surface area contributed by atoms with Gasteiger partial charge >= 0.3 is 0 Å². The first-order valence-electron chi connectivity index (χ1n) is 5.77. The highest BCUT2D eigenvalue weighted by molar-refractivity contribution is 4.75. The molecule has 0 heterocycles. The van der Waals surface area contributed by atoms with Crippen molar-refractivity contribution >= 4 is 0 Å². The first kappa shape index (κ1) is 11.0. The Kier molecular flexibility index (Phi) is 4.24. The predicted molar refractivity (Wildman–Crippen MR) is 56.6 cm³/mol. The molecule has 78 valence electrons. The lowest BCUT2D eigenvalue weighted by Gasteiger charge is -2.32. The molecular weight excluding hydrogens is 160 g/mol. The molecule has 1 aliphatic rings. The van der Waals surface area contributed by atoms with E-state index in [-0.39, 0.29) is 6.10 Å². The fourth-order valence-corrected chi connectivity index (χ4v) is 2.40. The van der Waals surface area contributed by atoms with Crippen molar-refractivity contribution < 1.29 is 5.11 Å². The topological polar surface area (TPSA) is 20.2 Å². The molecule has 0 aromatic heterocycles. The molecule has 0 saturated heterocycles. The van der Waals surface area contributed by atoms with Gasteiger partial charge in [0.05, 0.1) is 6.10 Å². The van der Waals surface area contributed by atoms with E-state index in [0.717, 1.165) is 24.2 Å². The monoisotopic (exact) mass is 184 g/mol. The highest BCUT2D eigenvalue weighted by atomic mass is 16.3. The maximum atomic E-state index is 9.20. The first-order chi connectivity index (χ1) is 6.09. The highest BCUT2D eigenvalue weighted by Crippen LogP contribution is 2.35. The Morgan fingerprint density at radius 3 is 2.46 bits per heavy atom. The van der Waals surface area contributed by atoms with E-state index in [1.165, 1.54) is 25.7 Å². The third-order valence-electron chi connectivity index (χ3n) is 3.70. The maximum absolute atomic E-state index is 9.20. The number of hydrogen-bond acceptors (Lipinski definition) is 1. The first-order valence-corrected chi connectivity index (χ1v) is 5.77. The van der Waals surface area contributed by atoms with Crippen molar-refractivity contribution in [3.05, 3.63) is 0 Å². The van der Waals surface area contributed by atoms with Crippen molar-refractivity contribution in [3.8, 4) is 0 Å². The lowest BCUT2D eigenvalue weighted by Crippen LogP contribution is -2.21. The molecule has 0 bridgehead atoms. The summed E-state index contributed by atoms with van der Waals surface area (Å²) < 4.78 is 0. The predicted octanol–water partition coefficient (Wildman–Crippen LogP) is 3.22. The van der Waals surface area contributed by atoms with Crippen LogP contribution in [0.25, 0.3) is 0 Å². The van der Waals surface area contributed by atoms with Crippen LogP contribution in [0, 0.1) is 17.8 Å². The molecule has 4 unspecified atom stereocenters. The fraction of sp³-hybridized carbons (Fsp3) is 1.00. The molecule has 0 aromatic carbocycles. The van der Waals surface area contributed by atoms with Gasteiger partial charge < -0.3 is 5.11 Å². The average molecular weight is 184 g/mol. The summed E-state index contributed by atoms with van der Waals surface area (Å²) in [6.07, 6.45) is 6.28. The van der Waals surface area contributed by atoms with Gasteiger partial charge in [-0.25, -0.2) is 0 Å². The summed E-state index contributed by atoms with van der Waals surface area (Å²) in [4.78, 5) is 0. The minimum atomic E-state index is -0.102. The molecule has 0 radical (unpaired) electrons. The van der Waals surface area contributed by atoms with Crippen LogP contribution >= 0.6 is 0 Å². The maximum Gasteiger partial charge on any atom is 0.0512 e. The molecule has 0 amide bonds. The zero-order valence-corrected chi connectivity index (χ0v) is 9.29. The van der Waals surface area contributed by atoms with E-state index in [0.29, 0.717) is 0 Å². The average Bonchev–Trinajstić information content (AvgIpc) is 2.07. The van der Waals surface area contributed by atoms with E-state index < -0.39 is 0 Å². The molecule has 13 heavy (non-hydrogen) atoms. The van der Waals surface area contributed by atoms with Crippen molar-refractivity contribution in [2.24, 2.45) is 17.8 Å². The quantitative estimate of drug-likeness (QED) is 0.714. The lowest BCUT2D eigenvalue weighted by atomic mass is 9.74. The van der Waals surface area contributed by atoms with E-state index in [1.54, 1.807) is 0 Å². The van der Waals surface area contributed by atoms with E-state index in [9.17, 15) is 5.11 Å². The van der Waals surface area contributed by atoms with Crippen molar-refractivity contribution in [3.63, 3.8) is 0 Å². The lowest BCUT2D eigenvalue weighted by molar-refractivity contribution is 0.148. The SMILES string of the molecule is CC(O)CCC1CCC(C)C(C)C1. The van der Waals surface area contributed by atoms with Crippen LogP contribution in [0.4, 0.5) is 0 Å². The van der Waals surface area contributed by atoms with Gasteiger partial charge in [-0.3, -0.25) is 0 Å². The minimum Gasteiger partial charge on any atom is -0.393 e. The summed E-state index contributed by atoms with van der Waals surface area (Å²) >= 11 is 0. The molecule has 1 nitrogen and oxygen atoms in total. The molecular formula is C12H24O. The molecule has 1 N–H and O–H groups in total. The summed E-state index contributed by atoms with van der Waals surface area (Å²) in [5, 5.41) is 9.20. The van der Waals surface area contributed by atoms with Gasteiger partial charge in [-0.15, -0.1) is 0 Å². The van der Waals surface area contributed by atoms with Crippen LogP contribution in [0.2, 0.25) is 0 Å². The zero-order valence-electron chi connectivity index (χ0n) is 9.29. The third-order valence-corrected chi connectivity index (χ3v) is 3.70. The van der Waals surface area contributed by atoms with Gasteiger partial charge in [-0.1, -0.05) is 26.7 Å². The summed E-state index contributed by atoms with van der Waals surface area (Å²) in [5.41, 5.74) is 0. The second-order valence-corrected chi connectivity index (χ2v) is 5.06. The van der Waals surface area contributed by atoms with Gasteiger partial charge in [0.25, 0.3) is 0 Å². The summed E-state index contributed by atoms with van der Waals surface area (Å²) in [5.74, 6) is 2.70. The van der Waals surface area contributed by atoms with Gasteiger partial charge in [0.15, 0.2) is 0 Å². The van der Waals surface area contributed by atoms with Crippen molar-refractivity contribution in [1.29, 1.82) is 0 Å². The Hall–Kier alpha value is -0.0400. The Morgan fingerprint density at radius 2 is 1.92 bits per heavy atom. The Morgan fingerprint density at radius 1 is 1.23 bits per heavy atom. The minimum absolute atomic E-state index is 0.102. The largest absolute Gasteiger partial charge is 0.393 e. The Bertz CT molecular complexity index is 142. The number of rotatable bonds is 3. The highest BCUT2D eigenvalue weighted by Gasteiger charge is 2.24. The summed E-state index contributed by atoms with van der Waals surface area (Å²) in [7, 11) is 0. The second kappa shape index (κ2) is 4.99. The molecule has 0 aromatic rings. The molecule has 4 atom stereocenters. The number of aliphatic hydroxyl groups is 1. The van der Waals surface area contributed by atoms with Crippen LogP contribution in [0.1, 0.15) is 52.9 Å². The van der Waals surface area contributed by atoms with Gasteiger partial charge in [0.1, 0.15) is 0 Å². The Balaban J connectivity index is 2.21. The second-order valence-electron chi connectivity index (χ2n) is 5.06. The van der Waals surface area contributed by atoms with E-state index in [2.05, 4.69) is 13.8 Å². The fourth-order valence-electron chi connectivity index (χ4n) is 2.40. The number of hydrogen-bond donors (Lipinski definition) is 1. The van der Waals surface area contributed by atoms with Crippen LogP contribution in [0.5, 0.6) is 0 Å². The summed E-state index contributed by atoms with van der Waals surface area (Å²) in [6, 6.07) is 0. The number of aliphatic hydroxyl groups excluding tert-OH is 1. The summed E-state index contributed by atoms with van der Waals surface area (Å²) in [6.45, 7) is 6.64. The third kappa shape index (κ3) is 3.68. The van der Waals surface area contributed by atoms with Crippen LogP contribution in [0.15, 0.2) is 0 Å². The zero-order chi connectivity index (χ0) is 9.84. The molecule has 0 spiro atoms. The molecule has 1 saturated carbocycles. The van der Waals surface area contributed by atoms with Crippen molar-refractivity contribution in [1.82, 2.24) is 0 Å². The normalized spacial score (nSPS) is 37.4. The van der Waals surface area contributed by atoms with Crippen LogP contribution < -0.4 is 0 Å². The van der Waals surface area contributed by atoms with Gasteiger partial charge in [0.2, 0.25) is 0 Å². The Labute approximate surface area is 82.5 Å². The van der Waals surface area contributed by atoms with Crippen LogP contribution in [-0.4, -0.2) is 11.2 Å². The van der Waals surface area contributed by atoms with E-state index in [1.807, 2.05) is 6.92 Å².